The van der Waals surface area contributed by atoms with Crippen LogP contribution >= 0.6 is 11.6 Å². The maximum absolute atomic E-state index is 9.88. The second kappa shape index (κ2) is 5.89. The lowest BCUT2D eigenvalue weighted by Crippen LogP contribution is -2.39. The van der Waals surface area contributed by atoms with Gasteiger partial charge in [-0.25, -0.2) is 0 Å². The van der Waals surface area contributed by atoms with Gasteiger partial charge in [0.05, 0.1) is 18.1 Å². The SMILES string of the molecule is CC(C)(CCCCl)[C@H]1CCC[C@H](O)[C@H]1C#N. The molecule has 16 heavy (non-hydrogen) atoms. The highest BCUT2D eigenvalue weighted by Gasteiger charge is 2.40. The van der Waals surface area contributed by atoms with Crippen molar-refractivity contribution in [2.75, 3.05) is 5.88 Å². The second-order valence-electron chi connectivity index (χ2n) is 5.54. The first-order valence-corrected chi connectivity index (χ1v) is 6.70. The Labute approximate surface area is 104 Å². The van der Waals surface area contributed by atoms with Crippen LogP contribution in [0.15, 0.2) is 0 Å². The number of aliphatic hydroxyl groups excluding tert-OH is 1. The summed E-state index contributed by atoms with van der Waals surface area (Å²) in [5, 5.41) is 19.1. The summed E-state index contributed by atoms with van der Waals surface area (Å²) in [5.41, 5.74) is 0.108. The average Bonchev–Trinajstić information content (AvgIpc) is 2.26. The van der Waals surface area contributed by atoms with E-state index in [-0.39, 0.29) is 11.3 Å². The third-order valence-electron chi connectivity index (χ3n) is 3.97. The standard InChI is InChI=1S/C13H22ClNO/c1-13(2,7-4-8-14)11-5-3-6-12(16)10(11)9-15/h10-12,16H,3-8H2,1-2H3/t10-,11-,12-/m0/s1. The maximum atomic E-state index is 9.88. The first-order valence-electron chi connectivity index (χ1n) is 6.16. The van der Waals surface area contributed by atoms with Crippen LogP contribution in [0.5, 0.6) is 0 Å². The van der Waals surface area contributed by atoms with Gasteiger partial charge in [0.1, 0.15) is 0 Å². The van der Waals surface area contributed by atoms with Crippen LogP contribution in [0.2, 0.25) is 0 Å². The Morgan fingerprint density at radius 2 is 2.12 bits per heavy atom. The zero-order chi connectivity index (χ0) is 12.2. The molecule has 1 fully saturated rings. The number of aliphatic hydroxyl groups is 1. The Kier molecular flexibility index (Phi) is 5.08. The van der Waals surface area contributed by atoms with Gasteiger partial charge in [-0.05, 0) is 37.0 Å². The highest BCUT2D eigenvalue weighted by Crippen LogP contribution is 2.44. The Hall–Kier alpha value is -0.260. The van der Waals surface area contributed by atoms with Crippen LogP contribution < -0.4 is 0 Å². The first-order chi connectivity index (χ1) is 7.53. The van der Waals surface area contributed by atoms with E-state index in [0.29, 0.717) is 11.8 Å². The number of hydrogen-bond donors (Lipinski definition) is 1. The molecule has 2 nitrogen and oxygen atoms in total. The van der Waals surface area contributed by atoms with Gasteiger partial charge >= 0.3 is 0 Å². The highest BCUT2D eigenvalue weighted by molar-refractivity contribution is 6.17. The van der Waals surface area contributed by atoms with E-state index in [2.05, 4.69) is 19.9 Å². The van der Waals surface area contributed by atoms with E-state index in [0.717, 1.165) is 32.1 Å². The van der Waals surface area contributed by atoms with Crippen molar-refractivity contribution < 1.29 is 5.11 Å². The number of nitriles is 1. The Morgan fingerprint density at radius 3 is 2.69 bits per heavy atom. The summed E-state index contributed by atoms with van der Waals surface area (Å²) in [7, 11) is 0. The molecule has 1 aliphatic carbocycles. The van der Waals surface area contributed by atoms with Gasteiger partial charge in [0, 0.05) is 5.88 Å². The van der Waals surface area contributed by atoms with E-state index in [9.17, 15) is 10.4 Å². The summed E-state index contributed by atoms with van der Waals surface area (Å²) in [6.45, 7) is 4.40. The van der Waals surface area contributed by atoms with Crippen molar-refractivity contribution >= 4 is 11.6 Å². The minimum atomic E-state index is -0.431. The van der Waals surface area contributed by atoms with Crippen molar-refractivity contribution in [3.63, 3.8) is 0 Å². The predicted octanol–water partition coefficient (Wildman–Crippen LogP) is 3.33. The lowest BCUT2D eigenvalue weighted by molar-refractivity contribution is 0.00871. The molecule has 0 aromatic rings. The fourth-order valence-electron chi connectivity index (χ4n) is 2.93. The van der Waals surface area contributed by atoms with Gasteiger partial charge in [-0.2, -0.15) is 5.26 Å². The van der Waals surface area contributed by atoms with Crippen molar-refractivity contribution in [2.24, 2.45) is 17.3 Å². The van der Waals surface area contributed by atoms with Crippen molar-refractivity contribution in [3.8, 4) is 6.07 Å². The number of nitrogens with zero attached hydrogens (tertiary/aromatic N) is 1. The van der Waals surface area contributed by atoms with E-state index >= 15 is 0 Å². The summed E-state index contributed by atoms with van der Waals surface area (Å²) in [6, 6.07) is 2.30. The van der Waals surface area contributed by atoms with E-state index in [1.54, 1.807) is 0 Å². The van der Waals surface area contributed by atoms with Crippen molar-refractivity contribution in [1.29, 1.82) is 5.26 Å². The summed E-state index contributed by atoms with van der Waals surface area (Å²) in [6.07, 6.45) is 4.46. The van der Waals surface area contributed by atoms with Crippen LogP contribution in [-0.2, 0) is 0 Å². The van der Waals surface area contributed by atoms with E-state index in [1.165, 1.54) is 0 Å². The Bertz CT molecular complexity index is 259. The molecule has 0 bridgehead atoms. The summed E-state index contributed by atoms with van der Waals surface area (Å²) in [4.78, 5) is 0. The third-order valence-corrected chi connectivity index (χ3v) is 4.24. The fourth-order valence-corrected chi connectivity index (χ4v) is 3.07. The molecule has 0 aliphatic heterocycles. The van der Waals surface area contributed by atoms with E-state index < -0.39 is 6.10 Å². The molecule has 92 valence electrons. The lowest BCUT2D eigenvalue weighted by atomic mass is 9.63. The summed E-state index contributed by atoms with van der Waals surface area (Å²) < 4.78 is 0. The molecule has 1 aliphatic rings. The molecular formula is C13H22ClNO. The first kappa shape index (κ1) is 13.8. The molecular weight excluding hydrogens is 222 g/mol. The van der Waals surface area contributed by atoms with Gasteiger partial charge < -0.3 is 5.11 Å². The van der Waals surface area contributed by atoms with Gasteiger partial charge in [-0.15, -0.1) is 11.6 Å². The van der Waals surface area contributed by atoms with Gasteiger partial charge in [-0.1, -0.05) is 20.3 Å². The molecule has 1 N–H and O–H groups in total. The molecule has 0 radical (unpaired) electrons. The van der Waals surface area contributed by atoms with Crippen LogP contribution in [0.3, 0.4) is 0 Å². The normalized spacial score (nSPS) is 31.1. The average molecular weight is 244 g/mol. The molecule has 0 aromatic heterocycles. The smallest absolute Gasteiger partial charge is 0.0755 e. The molecule has 0 amide bonds. The molecule has 0 aromatic carbocycles. The van der Waals surface area contributed by atoms with Crippen LogP contribution in [0.1, 0.15) is 46.0 Å². The molecule has 1 saturated carbocycles. The summed E-state index contributed by atoms with van der Waals surface area (Å²) >= 11 is 5.73. The molecule has 0 spiro atoms. The highest BCUT2D eigenvalue weighted by atomic mass is 35.5. The molecule has 0 unspecified atom stereocenters. The second-order valence-corrected chi connectivity index (χ2v) is 5.92. The fraction of sp³-hybridized carbons (Fsp3) is 0.923. The zero-order valence-electron chi connectivity index (χ0n) is 10.2. The van der Waals surface area contributed by atoms with Gasteiger partial charge in [0.15, 0.2) is 0 Å². The van der Waals surface area contributed by atoms with Gasteiger partial charge in [-0.3, -0.25) is 0 Å². The molecule has 0 heterocycles. The largest absolute Gasteiger partial charge is 0.392 e. The Balaban J connectivity index is 2.72. The van der Waals surface area contributed by atoms with Crippen LogP contribution in [0.25, 0.3) is 0 Å². The van der Waals surface area contributed by atoms with E-state index in [1.807, 2.05) is 0 Å². The lowest BCUT2D eigenvalue weighted by Gasteiger charge is -2.42. The van der Waals surface area contributed by atoms with E-state index in [4.69, 9.17) is 11.6 Å². The minimum Gasteiger partial charge on any atom is -0.392 e. The minimum absolute atomic E-state index is 0.108. The molecule has 3 atom stereocenters. The predicted molar refractivity (Wildman–Crippen MR) is 66.2 cm³/mol. The topological polar surface area (TPSA) is 44.0 Å². The maximum Gasteiger partial charge on any atom is 0.0755 e. The molecule has 0 saturated heterocycles. The van der Waals surface area contributed by atoms with Crippen LogP contribution in [-0.4, -0.2) is 17.1 Å². The van der Waals surface area contributed by atoms with Crippen LogP contribution in [0.4, 0.5) is 0 Å². The van der Waals surface area contributed by atoms with Gasteiger partial charge in [0.25, 0.3) is 0 Å². The number of alkyl halides is 1. The van der Waals surface area contributed by atoms with Crippen molar-refractivity contribution in [3.05, 3.63) is 0 Å². The monoisotopic (exact) mass is 243 g/mol. The quantitative estimate of drug-likeness (QED) is 0.770. The van der Waals surface area contributed by atoms with Crippen molar-refractivity contribution in [2.45, 2.75) is 52.1 Å². The third kappa shape index (κ3) is 3.12. The van der Waals surface area contributed by atoms with Crippen molar-refractivity contribution in [1.82, 2.24) is 0 Å². The number of rotatable bonds is 4. The van der Waals surface area contributed by atoms with Crippen LogP contribution in [0, 0.1) is 28.6 Å². The summed E-state index contributed by atoms with van der Waals surface area (Å²) in [5.74, 6) is 0.791. The number of hydrogen-bond acceptors (Lipinski definition) is 2. The number of halogens is 1. The van der Waals surface area contributed by atoms with Gasteiger partial charge in [0.2, 0.25) is 0 Å². The molecule has 3 heteroatoms. The Morgan fingerprint density at radius 1 is 1.44 bits per heavy atom. The zero-order valence-corrected chi connectivity index (χ0v) is 11.0. The molecule has 1 rings (SSSR count).